The second-order valence-corrected chi connectivity index (χ2v) is 5.60. The first-order valence-corrected chi connectivity index (χ1v) is 7.86. The van der Waals surface area contributed by atoms with Gasteiger partial charge in [0.05, 0.1) is 31.2 Å². The Morgan fingerprint density at radius 2 is 2.45 bits per heavy atom. The van der Waals surface area contributed by atoms with Crippen LogP contribution in [0.2, 0.25) is 0 Å². The molecule has 0 bridgehead atoms. The number of esters is 1. The van der Waals surface area contributed by atoms with Crippen LogP contribution in [0, 0.1) is 11.3 Å². The summed E-state index contributed by atoms with van der Waals surface area (Å²) in [5.74, 6) is -0.175. The van der Waals surface area contributed by atoms with Crippen molar-refractivity contribution >= 4 is 22.4 Å². The van der Waals surface area contributed by atoms with E-state index < -0.39 is 0 Å². The maximum atomic E-state index is 11.3. The van der Waals surface area contributed by atoms with E-state index >= 15 is 0 Å². The van der Waals surface area contributed by atoms with E-state index in [2.05, 4.69) is 16.0 Å². The molecule has 0 spiro atoms. The Hall–Kier alpha value is -1.61. The van der Waals surface area contributed by atoms with Crippen LogP contribution in [0.3, 0.4) is 0 Å². The smallest absolute Gasteiger partial charge is 0.306 e. The average molecular weight is 293 g/mol. The summed E-state index contributed by atoms with van der Waals surface area (Å²) in [5.41, 5.74) is 0.931. The van der Waals surface area contributed by atoms with Gasteiger partial charge >= 0.3 is 5.97 Å². The third-order valence-corrected chi connectivity index (χ3v) is 4.05. The Morgan fingerprint density at radius 1 is 1.65 bits per heavy atom. The number of hydrogen-bond donors (Lipinski definition) is 0. The molecule has 1 fully saturated rings. The number of aryl methyl sites for hydroxylation is 1. The first-order valence-electron chi connectivity index (χ1n) is 6.98. The lowest BCUT2D eigenvalue weighted by molar-refractivity contribution is -0.143. The zero-order valence-corrected chi connectivity index (χ0v) is 12.5. The van der Waals surface area contributed by atoms with Gasteiger partial charge in [0.1, 0.15) is 0 Å². The minimum Gasteiger partial charge on any atom is -0.466 e. The van der Waals surface area contributed by atoms with E-state index in [0.29, 0.717) is 31.9 Å². The molecule has 5 nitrogen and oxygen atoms in total. The van der Waals surface area contributed by atoms with Gasteiger partial charge in [-0.2, -0.15) is 5.26 Å². The Labute approximate surface area is 123 Å². The molecule has 0 amide bonds. The van der Waals surface area contributed by atoms with E-state index in [1.807, 2.05) is 12.3 Å². The van der Waals surface area contributed by atoms with E-state index in [4.69, 9.17) is 10.00 Å². The molecular weight excluding hydrogens is 274 g/mol. The minimum absolute atomic E-state index is 0.175. The van der Waals surface area contributed by atoms with E-state index in [0.717, 1.165) is 17.4 Å². The number of hydrogen-bond acceptors (Lipinski definition) is 6. The molecule has 0 atom stereocenters. The van der Waals surface area contributed by atoms with Crippen LogP contribution < -0.4 is 4.90 Å². The van der Waals surface area contributed by atoms with Crippen LogP contribution in [0.4, 0.5) is 5.13 Å². The van der Waals surface area contributed by atoms with Crippen molar-refractivity contribution < 1.29 is 9.53 Å². The molecule has 1 aliphatic rings. The molecule has 1 heterocycles. The van der Waals surface area contributed by atoms with Gasteiger partial charge in [-0.25, -0.2) is 4.98 Å². The second-order valence-electron chi connectivity index (χ2n) is 4.76. The predicted octanol–water partition coefficient (Wildman–Crippen LogP) is 2.52. The molecule has 0 saturated heterocycles. The van der Waals surface area contributed by atoms with E-state index in [9.17, 15) is 4.79 Å². The summed E-state index contributed by atoms with van der Waals surface area (Å²) in [5, 5.41) is 11.7. The lowest BCUT2D eigenvalue weighted by Gasteiger charge is -2.19. The Balaban J connectivity index is 1.89. The maximum Gasteiger partial charge on any atom is 0.306 e. The first kappa shape index (κ1) is 14.8. The number of carbonyl (C=O) groups is 1. The van der Waals surface area contributed by atoms with Crippen molar-refractivity contribution in [2.24, 2.45) is 0 Å². The van der Waals surface area contributed by atoms with Crippen molar-refractivity contribution in [1.29, 1.82) is 5.26 Å². The summed E-state index contributed by atoms with van der Waals surface area (Å²) in [4.78, 5) is 18.1. The van der Waals surface area contributed by atoms with Gasteiger partial charge in [-0.3, -0.25) is 4.79 Å². The third kappa shape index (κ3) is 4.20. The highest BCUT2D eigenvalue weighted by Crippen LogP contribution is 2.33. The van der Waals surface area contributed by atoms with Crippen molar-refractivity contribution in [1.82, 2.24) is 4.98 Å². The fourth-order valence-corrected chi connectivity index (χ4v) is 2.96. The summed E-state index contributed by atoms with van der Waals surface area (Å²) >= 11 is 1.59. The highest BCUT2D eigenvalue weighted by molar-refractivity contribution is 7.13. The molecule has 0 aliphatic heterocycles. The standard InChI is InChI=1S/C14H19N3O2S/c1-2-19-13(18)7-4-11-10-20-14(16-11)17(9-3-8-15)12-5-6-12/h10,12H,2-7,9H2,1H3. The molecule has 1 aromatic rings. The number of carbonyl (C=O) groups excluding carboxylic acids is 1. The van der Waals surface area contributed by atoms with E-state index in [1.54, 1.807) is 11.3 Å². The zero-order chi connectivity index (χ0) is 14.4. The Bertz CT molecular complexity index is 491. The van der Waals surface area contributed by atoms with Crippen molar-refractivity contribution in [2.75, 3.05) is 18.1 Å². The molecule has 6 heteroatoms. The van der Waals surface area contributed by atoms with Gasteiger partial charge in [-0.1, -0.05) is 0 Å². The number of ether oxygens (including phenoxy) is 1. The number of anilines is 1. The number of nitrogens with zero attached hydrogens (tertiary/aromatic N) is 3. The van der Waals surface area contributed by atoms with Crippen LogP contribution in [0.1, 0.15) is 38.3 Å². The molecule has 0 aromatic carbocycles. The van der Waals surface area contributed by atoms with Crippen LogP contribution >= 0.6 is 11.3 Å². The summed E-state index contributed by atoms with van der Waals surface area (Å²) in [6.45, 7) is 2.97. The van der Waals surface area contributed by atoms with Gasteiger partial charge in [0, 0.05) is 24.4 Å². The number of aromatic nitrogens is 1. The topological polar surface area (TPSA) is 66.2 Å². The van der Waals surface area contributed by atoms with E-state index in [1.165, 1.54) is 12.8 Å². The molecule has 0 unspecified atom stereocenters. The second kappa shape index (κ2) is 7.25. The molecule has 0 radical (unpaired) electrons. The van der Waals surface area contributed by atoms with Gasteiger partial charge in [0.2, 0.25) is 0 Å². The lowest BCUT2D eigenvalue weighted by Crippen LogP contribution is -2.26. The zero-order valence-electron chi connectivity index (χ0n) is 11.7. The molecule has 0 N–H and O–H groups in total. The van der Waals surface area contributed by atoms with Crippen LogP contribution in [-0.2, 0) is 16.0 Å². The number of thiazole rings is 1. The largest absolute Gasteiger partial charge is 0.466 e. The molecule has 108 valence electrons. The van der Waals surface area contributed by atoms with Gasteiger partial charge in [0.15, 0.2) is 5.13 Å². The molecular formula is C14H19N3O2S. The monoisotopic (exact) mass is 293 g/mol. The van der Waals surface area contributed by atoms with E-state index in [-0.39, 0.29) is 5.97 Å². The van der Waals surface area contributed by atoms with Crippen molar-refractivity contribution in [3.8, 4) is 6.07 Å². The summed E-state index contributed by atoms with van der Waals surface area (Å²) < 4.78 is 4.91. The Kier molecular flexibility index (Phi) is 5.36. The summed E-state index contributed by atoms with van der Waals surface area (Å²) in [7, 11) is 0. The predicted molar refractivity (Wildman–Crippen MR) is 77.7 cm³/mol. The van der Waals surface area contributed by atoms with Crippen molar-refractivity contribution in [3.05, 3.63) is 11.1 Å². The fourth-order valence-electron chi connectivity index (χ4n) is 2.00. The van der Waals surface area contributed by atoms with Gasteiger partial charge in [-0.05, 0) is 19.8 Å². The van der Waals surface area contributed by atoms with Crippen LogP contribution in [0.15, 0.2) is 5.38 Å². The summed E-state index contributed by atoms with van der Waals surface area (Å²) in [6, 6.07) is 2.73. The molecule has 1 aromatic heterocycles. The number of rotatable bonds is 8. The van der Waals surface area contributed by atoms with Gasteiger partial charge in [0.25, 0.3) is 0 Å². The summed E-state index contributed by atoms with van der Waals surface area (Å²) in [6.07, 6.45) is 3.88. The molecule has 20 heavy (non-hydrogen) atoms. The highest BCUT2D eigenvalue weighted by atomic mass is 32.1. The van der Waals surface area contributed by atoms with Gasteiger partial charge < -0.3 is 9.64 Å². The SMILES string of the molecule is CCOC(=O)CCc1csc(N(CCC#N)C2CC2)n1. The van der Waals surface area contributed by atoms with Crippen LogP contribution in [0.5, 0.6) is 0 Å². The first-order chi connectivity index (χ1) is 9.74. The number of nitriles is 1. The third-order valence-electron chi connectivity index (χ3n) is 3.13. The average Bonchev–Trinajstić information content (AvgIpc) is 3.16. The van der Waals surface area contributed by atoms with Crippen LogP contribution in [-0.4, -0.2) is 30.1 Å². The minimum atomic E-state index is -0.175. The molecule has 2 rings (SSSR count). The Morgan fingerprint density at radius 3 is 3.10 bits per heavy atom. The van der Waals surface area contributed by atoms with Crippen molar-refractivity contribution in [2.45, 2.75) is 45.1 Å². The fraction of sp³-hybridized carbons (Fsp3) is 0.643. The quantitative estimate of drug-likeness (QED) is 0.689. The van der Waals surface area contributed by atoms with Crippen LogP contribution in [0.25, 0.3) is 0 Å². The highest BCUT2D eigenvalue weighted by Gasteiger charge is 2.30. The normalized spacial score (nSPS) is 13.8. The van der Waals surface area contributed by atoms with Crippen molar-refractivity contribution in [3.63, 3.8) is 0 Å². The van der Waals surface area contributed by atoms with Gasteiger partial charge in [-0.15, -0.1) is 11.3 Å². The lowest BCUT2D eigenvalue weighted by atomic mass is 10.2. The molecule has 1 aliphatic carbocycles. The molecule has 1 saturated carbocycles. The maximum absolute atomic E-state index is 11.3.